The topological polar surface area (TPSA) is 65.5 Å². The van der Waals surface area contributed by atoms with Gasteiger partial charge in [0.2, 0.25) is 0 Å². The molecule has 0 saturated carbocycles. The molecule has 2 heterocycles. The quantitative estimate of drug-likeness (QED) is 0.849. The summed E-state index contributed by atoms with van der Waals surface area (Å²) in [7, 11) is 0. The van der Waals surface area contributed by atoms with E-state index in [0.717, 1.165) is 30.7 Å². The molecular weight excluding hydrogens is 347 g/mol. The number of aromatic nitrogens is 1. The smallest absolute Gasteiger partial charge is 0.416 e. The highest BCUT2D eigenvalue weighted by Gasteiger charge is 2.30. The second kappa shape index (κ2) is 7.33. The van der Waals surface area contributed by atoms with Gasteiger partial charge in [-0.05, 0) is 36.2 Å². The number of hydrogen-bond acceptors (Lipinski definition) is 4. The Balaban J connectivity index is 1.55. The van der Waals surface area contributed by atoms with Crippen LogP contribution in [0.1, 0.15) is 28.0 Å². The van der Waals surface area contributed by atoms with E-state index in [0.29, 0.717) is 18.9 Å². The normalized spacial score (nSPS) is 18.0. The van der Waals surface area contributed by atoms with E-state index in [9.17, 15) is 18.0 Å². The predicted octanol–water partition coefficient (Wildman–Crippen LogP) is 3.49. The molecule has 1 unspecified atom stereocenters. The van der Waals surface area contributed by atoms with Crippen LogP contribution in [-0.4, -0.2) is 40.1 Å². The SMILES string of the molecule is O=C(O)c1cccc(NC2CCN(Cc3ccc(C(F)(F)F)cc3)C2)n1. The van der Waals surface area contributed by atoms with Gasteiger partial charge in [-0.3, -0.25) is 4.90 Å². The average Bonchev–Trinajstić information content (AvgIpc) is 3.01. The van der Waals surface area contributed by atoms with Crippen molar-refractivity contribution in [2.24, 2.45) is 0 Å². The lowest BCUT2D eigenvalue weighted by atomic mass is 10.1. The zero-order valence-corrected chi connectivity index (χ0v) is 13.8. The lowest BCUT2D eigenvalue weighted by molar-refractivity contribution is -0.137. The Morgan fingerprint density at radius 1 is 1.23 bits per heavy atom. The number of hydrogen-bond donors (Lipinski definition) is 2. The maximum atomic E-state index is 12.6. The molecule has 26 heavy (non-hydrogen) atoms. The number of nitrogens with one attached hydrogen (secondary N) is 1. The van der Waals surface area contributed by atoms with Crippen molar-refractivity contribution in [3.05, 3.63) is 59.3 Å². The fourth-order valence-corrected chi connectivity index (χ4v) is 2.99. The summed E-state index contributed by atoms with van der Waals surface area (Å²) in [6, 6.07) is 10.1. The van der Waals surface area contributed by atoms with Crippen LogP contribution < -0.4 is 5.32 Å². The minimum absolute atomic E-state index is 0.0189. The molecule has 1 aromatic carbocycles. The first-order valence-corrected chi connectivity index (χ1v) is 8.16. The zero-order valence-electron chi connectivity index (χ0n) is 13.8. The number of alkyl halides is 3. The molecule has 3 rings (SSSR count). The summed E-state index contributed by atoms with van der Waals surface area (Å²) in [5.74, 6) is -0.574. The molecule has 138 valence electrons. The summed E-state index contributed by atoms with van der Waals surface area (Å²) < 4.78 is 37.8. The molecule has 1 saturated heterocycles. The minimum Gasteiger partial charge on any atom is -0.477 e. The van der Waals surface area contributed by atoms with Gasteiger partial charge in [-0.25, -0.2) is 9.78 Å². The molecule has 1 fully saturated rings. The third kappa shape index (κ3) is 4.51. The Hall–Kier alpha value is -2.61. The molecule has 2 aromatic rings. The fourth-order valence-electron chi connectivity index (χ4n) is 2.99. The number of carbonyl (C=O) groups is 1. The lowest BCUT2D eigenvalue weighted by Crippen LogP contribution is -2.26. The number of halogens is 3. The van der Waals surface area contributed by atoms with E-state index >= 15 is 0 Å². The third-order valence-corrected chi connectivity index (χ3v) is 4.28. The van der Waals surface area contributed by atoms with Gasteiger partial charge in [0.25, 0.3) is 0 Å². The number of likely N-dealkylation sites (tertiary alicyclic amines) is 1. The zero-order chi connectivity index (χ0) is 18.7. The van der Waals surface area contributed by atoms with Crippen LogP contribution in [0.4, 0.5) is 19.0 Å². The first-order chi connectivity index (χ1) is 12.3. The van der Waals surface area contributed by atoms with Crippen LogP contribution in [0.25, 0.3) is 0 Å². The van der Waals surface area contributed by atoms with Crippen molar-refractivity contribution in [3.63, 3.8) is 0 Å². The second-order valence-electron chi connectivity index (χ2n) is 6.27. The fraction of sp³-hybridized carbons (Fsp3) is 0.333. The predicted molar refractivity (Wildman–Crippen MR) is 89.9 cm³/mol. The summed E-state index contributed by atoms with van der Waals surface area (Å²) in [4.78, 5) is 17.1. The third-order valence-electron chi connectivity index (χ3n) is 4.28. The van der Waals surface area contributed by atoms with E-state index in [1.54, 1.807) is 12.1 Å². The number of carboxylic acid groups (broad SMARTS) is 1. The van der Waals surface area contributed by atoms with Crippen molar-refractivity contribution in [1.29, 1.82) is 0 Å². The van der Waals surface area contributed by atoms with E-state index in [4.69, 9.17) is 5.11 Å². The molecule has 0 bridgehead atoms. The van der Waals surface area contributed by atoms with Gasteiger partial charge in [0.1, 0.15) is 5.82 Å². The van der Waals surface area contributed by atoms with Crippen molar-refractivity contribution in [1.82, 2.24) is 9.88 Å². The summed E-state index contributed by atoms with van der Waals surface area (Å²) in [6.45, 7) is 2.08. The number of aromatic carboxylic acids is 1. The Morgan fingerprint density at radius 3 is 2.62 bits per heavy atom. The van der Waals surface area contributed by atoms with E-state index in [1.165, 1.54) is 18.2 Å². The van der Waals surface area contributed by atoms with E-state index in [-0.39, 0.29) is 11.7 Å². The molecule has 0 aliphatic carbocycles. The van der Waals surface area contributed by atoms with Crippen molar-refractivity contribution in [2.75, 3.05) is 18.4 Å². The van der Waals surface area contributed by atoms with Gasteiger partial charge >= 0.3 is 12.1 Å². The van der Waals surface area contributed by atoms with Gasteiger partial charge < -0.3 is 10.4 Å². The van der Waals surface area contributed by atoms with Crippen LogP contribution >= 0.6 is 0 Å². The Kier molecular flexibility index (Phi) is 5.13. The van der Waals surface area contributed by atoms with Crippen LogP contribution in [0, 0.1) is 0 Å². The number of anilines is 1. The van der Waals surface area contributed by atoms with Crippen LogP contribution in [0.5, 0.6) is 0 Å². The highest BCUT2D eigenvalue weighted by atomic mass is 19.4. The van der Waals surface area contributed by atoms with E-state index in [1.807, 2.05) is 0 Å². The van der Waals surface area contributed by atoms with Crippen LogP contribution in [0.3, 0.4) is 0 Å². The monoisotopic (exact) mass is 365 g/mol. The Bertz CT molecular complexity index is 778. The highest BCUT2D eigenvalue weighted by Crippen LogP contribution is 2.29. The van der Waals surface area contributed by atoms with Gasteiger partial charge in [-0.15, -0.1) is 0 Å². The van der Waals surface area contributed by atoms with Crippen LogP contribution in [0.15, 0.2) is 42.5 Å². The molecule has 1 aliphatic heterocycles. The maximum absolute atomic E-state index is 12.6. The lowest BCUT2D eigenvalue weighted by Gasteiger charge is -2.17. The molecule has 0 amide bonds. The first kappa shape index (κ1) is 18.2. The maximum Gasteiger partial charge on any atom is 0.416 e. The van der Waals surface area contributed by atoms with Gasteiger partial charge in [0, 0.05) is 25.7 Å². The van der Waals surface area contributed by atoms with Crippen molar-refractivity contribution in [2.45, 2.75) is 25.2 Å². The largest absolute Gasteiger partial charge is 0.477 e. The molecule has 1 aliphatic rings. The molecule has 1 atom stereocenters. The number of pyridine rings is 1. The summed E-state index contributed by atoms with van der Waals surface area (Å²) in [6.07, 6.45) is -3.47. The molecular formula is C18H18F3N3O2. The molecule has 5 nitrogen and oxygen atoms in total. The summed E-state index contributed by atoms with van der Waals surface area (Å²) in [5, 5.41) is 12.2. The van der Waals surface area contributed by atoms with E-state index in [2.05, 4.69) is 15.2 Å². The summed E-state index contributed by atoms with van der Waals surface area (Å²) >= 11 is 0. The van der Waals surface area contributed by atoms with Gasteiger partial charge in [0.15, 0.2) is 5.69 Å². The van der Waals surface area contributed by atoms with Gasteiger partial charge in [-0.1, -0.05) is 18.2 Å². The number of carboxylic acids is 1. The number of nitrogens with zero attached hydrogens (tertiary/aromatic N) is 2. The minimum atomic E-state index is -4.32. The molecule has 8 heteroatoms. The van der Waals surface area contributed by atoms with Crippen molar-refractivity contribution < 1.29 is 23.1 Å². The van der Waals surface area contributed by atoms with Crippen LogP contribution in [-0.2, 0) is 12.7 Å². The average molecular weight is 365 g/mol. The Morgan fingerprint density at radius 2 is 1.96 bits per heavy atom. The van der Waals surface area contributed by atoms with Crippen LogP contribution in [0.2, 0.25) is 0 Å². The van der Waals surface area contributed by atoms with E-state index < -0.39 is 17.7 Å². The standard InChI is InChI=1S/C18H18F3N3O2/c19-18(20,21)13-6-4-12(5-7-13)10-24-9-8-14(11-24)22-16-3-1-2-15(23-16)17(25)26/h1-7,14H,8-11H2,(H,22,23)(H,25,26). The molecule has 1 aromatic heterocycles. The molecule has 0 spiro atoms. The van der Waals surface area contributed by atoms with Crippen molar-refractivity contribution >= 4 is 11.8 Å². The highest BCUT2D eigenvalue weighted by molar-refractivity contribution is 5.85. The number of rotatable bonds is 5. The van der Waals surface area contributed by atoms with Crippen molar-refractivity contribution in [3.8, 4) is 0 Å². The molecule has 0 radical (unpaired) electrons. The van der Waals surface area contributed by atoms with Gasteiger partial charge in [0.05, 0.1) is 5.56 Å². The molecule has 2 N–H and O–H groups in total. The second-order valence-corrected chi connectivity index (χ2v) is 6.27. The summed E-state index contributed by atoms with van der Waals surface area (Å²) in [5.41, 5.74) is 0.158. The number of benzene rings is 1. The first-order valence-electron chi connectivity index (χ1n) is 8.16. The van der Waals surface area contributed by atoms with Gasteiger partial charge in [-0.2, -0.15) is 13.2 Å². The Labute approximate surface area is 148 Å².